The lowest BCUT2D eigenvalue weighted by atomic mass is 10.1. The van der Waals surface area contributed by atoms with Gasteiger partial charge in [0.15, 0.2) is 0 Å². The Morgan fingerprint density at radius 2 is 2.00 bits per heavy atom. The Bertz CT molecular complexity index is 819. The summed E-state index contributed by atoms with van der Waals surface area (Å²) in [5, 5.41) is 11.9. The van der Waals surface area contributed by atoms with Gasteiger partial charge in [0.25, 0.3) is 0 Å². The molecular weight excluding hydrogens is 302 g/mol. The van der Waals surface area contributed by atoms with Crippen LogP contribution in [0.15, 0.2) is 36.5 Å². The van der Waals surface area contributed by atoms with E-state index in [2.05, 4.69) is 34.6 Å². The van der Waals surface area contributed by atoms with Crippen LogP contribution in [0.3, 0.4) is 0 Å². The highest BCUT2D eigenvalue weighted by atomic mass is 16.1. The first kappa shape index (κ1) is 16.2. The zero-order chi connectivity index (χ0) is 16.9. The molecule has 0 saturated carbocycles. The number of hydrogen-bond acceptors (Lipinski definition) is 3. The van der Waals surface area contributed by atoms with Crippen LogP contribution in [-0.2, 0) is 24.3 Å². The van der Waals surface area contributed by atoms with Crippen molar-refractivity contribution in [2.75, 3.05) is 6.54 Å². The van der Waals surface area contributed by atoms with Crippen molar-refractivity contribution in [3.63, 3.8) is 0 Å². The van der Waals surface area contributed by atoms with Gasteiger partial charge in [-0.1, -0.05) is 30.3 Å². The Morgan fingerprint density at radius 3 is 2.75 bits per heavy atom. The third-order valence-corrected chi connectivity index (χ3v) is 4.14. The Labute approximate surface area is 141 Å². The fourth-order valence-corrected chi connectivity index (χ4v) is 2.92. The lowest BCUT2D eigenvalue weighted by molar-refractivity contribution is -0.121. The van der Waals surface area contributed by atoms with Gasteiger partial charge in [0, 0.05) is 19.5 Å². The van der Waals surface area contributed by atoms with E-state index < -0.39 is 0 Å². The maximum atomic E-state index is 12.0. The second-order valence-electron chi connectivity index (χ2n) is 5.84. The van der Waals surface area contributed by atoms with Crippen LogP contribution in [0.25, 0.3) is 11.0 Å². The Kier molecular flexibility index (Phi) is 4.93. The summed E-state index contributed by atoms with van der Waals surface area (Å²) in [7, 11) is 0. The van der Waals surface area contributed by atoms with Crippen molar-refractivity contribution in [3.8, 4) is 0 Å². The summed E-state index contributed by atoms with van der Waals surface area (Å²) >= 11 is 0. The van der Waals surface area contributed by atoms with Crippen LogP contribution < -0.4 is 5.32 Å². The normalized spacial score (nSPS) is 11.1. The van der Waals surface area contributed by atoms with Gasteiger partial charge < -0.3 is 5.32 Å². The molecule has 2 heterocycles. The van der Waals surface area contributed by atoms with Crippen molar-refractivity contribution in [3.05, 3.63) is 47.8 Å². The second-order valence-corrected chi connectivity index (χ2v) is 5.84. The van der Waals surface area contributed by atoms with E-state index in [0.29, 0.717) is 19.5 Å². The van der Waals surface area contributed by atoms with E-state index in [0.717, 1.165) is 29.7 Å². The van der Waals surface area contributed by atoms with Gasteiger partial charge in [0.1, 0.15) is 11.0 Å². The summed E-state index contributed by atoms with van der Waals surface area (Å²) in [6.45, 7) is 6.08. The van der Waals surface area contributed by atoms with Crippen LogP contribution >= 0.6 is 0 Å². The van der Waals surface area contributed by atoms with Crippen LogP contribution in [0, 0.1) is 6.92 Å². The van der Waals surface area contributed by atoms with Gasteiger partial charge in [0.05, 0.1) is 18.4 Å². The van der Waals surface area contributed by atoms with E-state index in [9.17, 15) is 4.79 Å². The number of rotatable bonds is 7. The quantitative estimate of drug-likeness (QED) is 0.725. The molecule has 6 nitrogen and oxygen atoms in total. The number of nitrogens with zero attached hydrogens (tertiary/aromatic N) is 4. The van der Waals surface area contributed by atoms with Gasteiger partial charge in [-0.05, 0) is 25.8 Å². The predicted octanol–water partition coefficient (Wildman–Crippen LogP) is 2.31. The van der Waals surface area contributed by atoms with Gasteiger partial charge in [0.2, 0.25) is 5.91 Å². The molecule has 3 rings (SSSR count). The van der Waals surface area contributed by atoms with Crippen LogP contribution in [-0.4, -0.2) is 32.0 Å². The summed E-state index contributed by atoms with van der Waals surface area (Å²) in [6.07, 6.45) is 3.09. The van der Waals surface area contributed by atoms with Crippen molar-refractivity contribution < 1.29 is 4.79 Å². The van der Waals surface area contributed by atoms with Crippen molar-refractivity contribution in [2.45, 2.75) is 39.8 Å². The molecule has 0 fully saturated rings. The zero-order valence-electron chi connectivity index (χ0n) is 14.2. The maximum absolute atomic E-state index is 12.0. The highest BCUT2D eigenvalue weighted by Crippen LogP contribution is 2.17. The van der Waals surface area contributed by atoms with Gasteiger partial charge in [-0.25, -0.2) is 0 Å². The van der Waals surface area contributed by atoms with Gasteiger partial charge in [-0.15, -0.1) is 0 Å². The SMILES string of the molecule is CCn1nc(C)c2c1cnn2CCC(=O)NCCc1ccccc1. The molecule has 0 radical (unpaired) electrons. The fraction of sp³-hybridized carbons (Fsp3) is 0.389. The molecule has 0 spiro atoms. The van der Waals surface area contributed by atoms with E-state index >= 15 is 0 Å². The van der Waals surface area contributed by atoms with E-state index in [4.69, 9.17) is 0 Å². The number of nitrogens with one attached hydrogen (secondary N) is 1. The number of carbonyl (C=O) groups excluding carboxylic acids is 1. The molecule has 0 bridgehead atoms. The third kappa shape index (κ3) is 3.48. The zero-order valence-corrected chi connectivity index (χ0v) is 14.2. The van der Waals surface area contributed by atoms with Gasteiger partial charge in [-0.2, -0.15) is 10.2 Å². The first-order chi connectivity index (χ1) is 11.7. The molecule has 3 aromatic rings. The molecule has 6 heteroatoms. The summed E-state index contributed by atoms with van der Waals surface area (Å²) in [4.78, 5) is 12.0. The Morgan fingerprint density at radius 1 is 1.21 bits per heavy atom. The molecule has 1 N–H and O–H groups in total. The van der Waals surface area contributed by atoms with Crippen LogP contribution in [0.5, 0.6) is 0 Å². The number of aryl methyl sites for hydroxylation is 3. The molecular formula is C18H23N5O. The minimum absolute atomic E-state index is 0.0510. The van der Waals surface area contributed by atoms with Gasteiger partial charge in [-0.3, -0.25) is 14.2 Å². The first-order valence-corrected chi connectivity index (χ1v) is 8.38. The number of amides is 1. The summed E-state index contributed by atoms with van der Waals surface area (Å²) in [6, 6.07) is 10.2. The summed E-state index contributed by atoms with van der Waals surface area (Å²) in [5.74, 6) is 0.0510. The van der Waals surface area contributed by atoms with Crippen molar-refractivity contribution in [1.29, 1.82) is 0 Å². The van der Waals surface area contributed by atoms with Crippen LogP contribution in [0.4, 0.5) is 0 Å². The number of benzene rings is 1. The molecule has 0 unspecified atom stereocenters. The van der Waals surface area contributed by atoms with E-state index in [1.807, 2.05) is 40.7 Å². The highest BCUT2D eigenvalue weighted by Gasteiger charge is 2.13. The molecule has 0 aliphatic heterocycles. The molecule has 126 valence electrons. The first-order valence-electron chi connectivity index (χ1n) is 8.38. The van der Waals surface area contributed by atoms with Gasteiger partial charge >= 0.3 is 0 Å². The molecule has 0 atom stereocenters. The highest BCUT2D eigenvalue weighted by molar-refractivity contribution is 5.78. The van der Waals surface area contributed by atoms with Crippen molar-refractivity contribution >= 4 is 16.9 Å². The van der Waals surface area contributed by atoms with E-state index in [-0.39, 0.29) is 5.91 Å². The lowest BCUT2D eigenvalue weighted by Gasteiger charge is -2.06. The van der Waals surface area contributed by atoms with E-state index in [1.165, 1.54) is 5.56 Å². The average Bonchev–Trinajstić information content (AvgIpc) is 3.15. The van der Waals surface area contributed by atoms with Crippen molar-refractivity contribution in [2.24, 2.45) is 0 Å². The predicted molar refractivity (Wildman–Crippen MR) is 93.7 cm³/mol. The third-order valence-electron chi connectivity index (χ3n) is 4.14. The molecule has 0 aliphatic carbocycles. The summed E-state index contributed by atoms with van der Waals surface area (Å²) < 4.78 is 3.81. The summed E-state index contributed by atoms with van der Waals surface area (Å²) in [5.41, 5.74) is 4.23. The van der Waals surface area contributed by atoms with Crippen LogP contribution in [0.1, 0.15) is 24.6 Å². The Hall–Kier alpha value is -2.63. The molecule has 1 aromatic carbocycles. The minimum atomic E-state index is 0.0510. The lowest BCUT2D eigenvalue weighted by Crippen LogP contribution is -2.26. The monoisotopic (exact) mass is 325 g/mol. The number of hydrogen-bond donors (Lipinski definition) is 1. The second kappa shape index (κ2) is 7.29. The number of carbonyl (C=O) groups is 1. The van der Waals surface area contributed by atoms with E-state index in [1.54, 1.807) is 0 Å². The number of aromatic nitrogens is 4. The molecule has 0 aliphatic rings. The number of fused-ring (bicyclic) bond motifs is 1. The fourth-order valence-electron chi connectivity index (χ4n) is 2.92. The minimum Gasteiger partial charge on any atom is -0.356 e. The maximum Gasteiger partial charge on any atom is 0.221 e. The Balaban J connectivity index is 1.52. The smallest absolute Gasteiger partial charge is 0.221 e. The molecule has 0 saturated heterocycles. The molecule has 24 heavy (non-hydrogen) atoms. The van der Waals surface area contributed by atoms with Crippen LogP contribution in [0.2, 0.25) is 0 Å². The average molecular weight is 325 g/mol. The largest absolute Gasteiger partial charge is 0.356 e. The molecule has 1 amide bonds. The molecule has 2 aromatic heterocycles. The topological polar surface area (TPSA) is 64.7 Å². The van der Waals surface area contributed by atoms with Crippen molar-refractivity contribution in [1.82, 2.24) is 24.9 Å². The standard InChI is InChI=1S/C18H23N5O/c1-3-22-16-13-20-23(18(16)14(2)21-22)12-10-17(24)19-11-9-15-7-5-4-6-8-15/h4-8,13H,3,9-12H2,1-2H3,(H,19,24).